The number of benzene rings is 4. The van der Waals surface area contributed by atoms with Gasteiger partial charge in [-0.2, -0.15) is 4.98 Å². The van der Waals surface area contributed by atoms with Gasteiger partial charge in [0, 0.05) is 32.7 Å². The van der Waals surface area contributed by atoms with E-state index < -0.39 is 6.04 Å². The normalized spacial score (nSPS) is 14.1. The summed E-state index contributed by atoms with van der Waals surface area (Å²) in [6.45, 7) is 2.06. The highest BCUT2D eigenvalue weighted by Crippen LogP contribution is 2.38. The summed E-state index contributed by atoms with van der Waals surface area (Å²) in [5.41, 5.74) is 3.87. The van der Waals surface area contributed by atoms with Crippen molar-refractivity contribution in [2.75, 3.05) is 10.6 Å². The molecule has 0 aliphatic carbocycles. The smallest absolute Gasteiger partial charge is 0.255 e. The summed E-state index contributed by atoms with van der Waals surface area (Å²) in [5, 5.41) is 12.5. The number of hydrogen-bond donors (Lipinski definition) is 2. The van der Waals surface area contributed by atoms with Crippen molar-refractivity contribution < 1.29 is 13.9 Å². The second-order valence-corrected chi connectivity index (χ2v) is 11.8. The number of thioether (sulfide) groups is 1. The van der Waals surface area contributed by atoms with Gasteiger partial charge >= 0.3 is 0 Å². The Bertz CT molecular complexity index is 1860. The van der Waals surface area contributed by atoms with Gasteiger partial charge in [-0.3, -0.25) is 4.79 Å². The van der Waals surface area contributed by atoms with E-state index in [1.54, 1.807) is 35.0 Å². The van der Waals surface area contributed by atoms with Crippen molar-refractivity contribution in [3.8, 4) is 5.75 Å². The van der Waals surface area contributed by atoms with E-state index in [1.807, 2.05) is 67.6 Å². The zero-order chi connectivity index (χ0) is 30.6. The maximum atomic E-state index is 14.3. The van der Waals surface area contributed by atoms with Crippen LogP contribution in [0.5, 0.6) is 5.75 Å². The van der Waals surface area contributed by atoms with Gasteiger partial charge in [0.1, 0.15) is 24.2 Å². The third-order valence-corrected chi connectivity index (χ3v) is 8.48. The number of ether oxygens (including phenoxy) is 1. The first-order chi connectivity index (χ1) is 21.4. The molecule has 4 aromatic carbocycles. The molecular weight excluding hydrogens is 620 g/mol. The molecule has 1 atom stereocenters. The van der Waals surface area contributed by atoms with Gasteiger partial charge in [-0.25, -0.2) is 9.07 Å². The van der Waals surface area contributed by atoms with E-state index in [9.17, 15) is 9.18 Å². The van der Waals surface area contributed by atoms with E-state index in [2.05, 4.69) is 15.6 Å². The molecule has 0 bridgehead atoms. The topological polar surface area (TPSA) is 81.1 Å². The molecule has 5 aromatic rings. The van der Waals surface area contributed by atoms with E-state index in [0.29, 0.717) is 55.2 Å². The Morgan fingerprint density at radius 3 is 2.59 bits per heavy atom. The van der Waals surface area contributed by atoms with Crippen LogP contribution in [-0.4, -0.2) is 20.7 Å². The van der Waals surface area contributed by atoms with Gasteiger partial charge in [-0.15, -0.1) is 5.10 Å². The molecule has 6 rings (SSSR count). The lowest BCUT2D eigenvalue weighted by Gasteiger charge is -2.29. The molecule has 222 valence electrons. The SMILES string of the molecule is CC1=C(C(=O)Nc2ccccc2)C(c2cccc(OCc3ccc(Cl)cc3Cl)c2)n2nc(SCc3ccccc3F)nc2N1. The minimum atomic E-state index is -0.632. The van der Waals surface area contributed by atoms with Crippen LogP contribution >= 0.6 is 35.0 Å². The van der Waals surface area contributed by atoms with Crippen LogP contribution in [0.4, 0.5) is 16.0 Å². The Balaban J connectivity index is 1.33. The molecule has 1 unspecified atom stereocenters. The average molecular weight is 647 g/mol. The summed E-state index contributed by atoms with van der Waals surface area (Å²) in [6.07, 6.45) is 0. The summed E-state index contributed by atoms with van der Waals surface area (Å²) < 4.78 is 22.1. The van der Waals surface area contributed by atoms with Crippen molar-refractivity contribution in [2.45, 2.75) is 30.5 Å². The lowest BCUT2D eigenvalue weighted by molar-refractivity contribution is -0.113. The lowest BCUT2D eigenvalue weighted by atomic mass is 9.95. The van der Waals surface area contributed by atoms with E-state index in [-0.39, 0.29) is 18.3 Å². The van der Waals surface area contributed by atoms with Gasteiger partial charge in [-0.05, 0) is 60.5 Å². The van der Waals surface area contributed by atoms with Crippen LogP contribution in [0.1, 0.15) is 29.7 Å². The fraction of sp³-hybridized carbons (Fsp3) is 0.121. The quantitative estimate of drug-likeness (QED) is 0.156. The molecule has 0 spiro atoms. The summed E-state index contributed by atoms with van der Waals surface area (Å²) in [4.78, 5) is 18.5. The molecule has 7 nitrogen and oxygen atoms in total. The lowest BCUT2D eigenvalue weighted by Crippen LogP contribution is -2.31. The monoisotopic (exact) mass is 645 g/mol. The van der Waals surface area contributed by atoms with Gasteiger partial charge in [0.15, 0.2) is 0 Å². The van der Waals surface area contributed by atoms with Crippen molar-refractivity contribution in [2.24, 2.45) is 0 Å². The molecule has 1 aliphatic rings. The van der Waals surface area contributed by atoms with Crippen LogP contribution in [0.25, 0.3) is 0 Å². The second-order valence-electron chi connectivity index (χ2n) is 10.0. The number of rotatable bonds is 9. The first kappa shape index (κ1) is 29.7. The van der Waals surface area contributed by atoms with Crippen molar-refractivity contribution in [1.29, 1.82) is 0 Å². The van der Waals surface area contributed by atoms with Crippen LogP contribution in [0.3, 0.4) is 0 Å². The van der Waals surface area contributed by atoms with Crippen molar-refractivity contribution in [1.82, 2.24) is 14.8 Å². The molecule has 1 aliphatic heterocycles. The predicted octanol–water partition coefficient (Wildman–Crippen LogP) is 8.52. The molecule has 1 aromatic heterocycles. The number of halogens is 3. The number of allylic oxidation sites excluding steroid dienone is 1. The van der Waals surface area contributed by atoms with Crippen LogP contribution in [0.2, 0.25) is 10.0 Å². The average Bonchev–Trinajstić information content (AvgIpc) is 3.42. The fourth-order valence-corrected chi connectivity index (χ4v) is 6.13. The van der Waals surface area contributed by atoms with Crippen LogP contribution in [0, 0.1) is 5.82 Å². The van der Waals surface area contributed by atoms with Crippen LogP contribution in [0.15, 0.2) is 113 Å². The van der Waals surface area contributed by atoms with Crippen molar-refractivity contribution in [3.05, 3.63) is 141 Å². The zero-order valence-corrected chi connectivity index (χ0v) is 25.8. The number of para-hydroxylation sites is 1. The van der Waals surface area contributed by atoms with Gasteiger partial charge < -0.3 is 15.4 Å². The summed E-state index contributed by atoms with van der Waals surface area (Å²) in [7, 11) is 0. The highest BCUT2D eigenvalue weighted by Gasteiger charge is 2.34. The third kappa shape index (κ3) is 6.60. The number of amides is 1. The zero-order valence-electron chi connectivity index (χ0n) is 23.4. The number of hydrogen-bond acceptors (Lipinski definition) is 6. The Morgan fingerprint density at radius 2 is 1.80 bits per heavy atom. The van der Waals surface area contributed by atoms with Gasteiger partial charge in [-0.1, -0.05) is 89.6 Å². The second kappa shape index (κ2) is 13.1. The summed E-state index contributed by atoms with van der Waals surface area (Å²) >= 11 is 13.7. The highest BCUT2D eigenvalue weighted by molar-refractivity contribution is 7.98. The largest absolute Gasteiger partial charge is 0.489 e. The van der Waals surface area contributed by atoms with E-state index in [1.165, 1.54) is 17.8 Å². The number of nitrogens with one attached hydrogen (secondary N) is 2. The number of nitrogens with zero attached hydrogens (tertiary/aromatic N) is 3. The molecule has 0 saturated carbocycles. The number of carbonyl (C=O) groups excluding carboxylic acids is 1. The van der Waals surface area contributed by atoms with Crippen molar-refractivity contribution in [3.63, 3.8) is 0 Å². The number of fused-ring (bicyclic) bond motifs is 1. The van der Waals surface area contributed by atoms with Crippen LogP contribution < -0.4 is 15.4 Å². The van der Waals surface area contributed by atoms with Gasteiger partial charge in [0.25, 0.3) is 5.91 Å². The van der Waals surface area contributed by atoms with E-state index in [4.69, 9.17) is 33.0 Å². The molecule has 0 radical (unpaired) electrons. The van der Waals surface area contributed by atoms with Crippen LogP contribution in [-0.2, 0) is 17.2 Å². The van der Waals surface area contributed by atoms with E-state index in [0.717, 1.165) is 11.1 Å². The van der Waals surface area contributed by atoms with Crippen molar-refractivity contribution >= 4 is 52.5 Å². The molecule has 2 heterocycles. The Morgan fingerprint density at radius 1 is 1.00 bits per heavy atom. The fourth-order valence-electron chi connectivity index (χ4n) is 4.85. The standard InChI is InChI=1S/C33H26Cl2FN5O2S/c1-20-29(31(42)38-25-10-3-2-4-11-25)30(21-9-7-12-26(16-21)43-18-22-14-15-24(34)17-27(22)35)41-32(37-20)39-33(40-41)44-19-23-8-5-6-13-28(23)36/h2-17,30H,18-19H2,1H3,(H,38,42)(H,37,39,40). The third-order valence-electron chi connectivity index (χ3n) is 7.01. The first-order valence-corrected chi connectivity index (χ1v) is 15.4. The number of carbonyl (C=O) groups is 1. The molecule has 2 N–H and O–H groups in total. The molecule has 44 heavy (non-hydrogen) atoms. The Kier molecular flexibility index (Phi) is 8.88. The first-order valence-electron chi connectivity index (χ1n) is 13.7. The maximum Gasteiger partial charge on any atom is 0.255 e. The Labute approximate surface area is 268 Å². The number of aromatic nitrogens is 3. The molecule has 11 heteroatoms. The minimum absolute atomic E-state index is 0.229. The van der Waals surface area contributed by atoms with Gasteiger partial charge in [0.05, 0.1) is 5.57 Å². The molecular formula is C33H26Cl2FN5O2S. The summed E-state index contributed by atoms with van der Waals surface area (Å²) in [5.74, 6) is 0.842. The molecule has 1 amide bonds. The minimum Gasteiger partial charge on any atom is -0.489 e. The molecule has 0 saturated heterocycles. The van der Waals surface area contributed by atoms with Gasteiger partial charge in [0.2, 0.25) is 11.1 Å². The Hall–Kier alpha value is -4.31. The number of anilines is 2. The molecule has 0 fully saturated rings. The predicted molar refractivity (Wildman–Crippen MR) is 173 cm³/mol. The van der Waals surface area contributed by atoms with E-state index >= 15 is 0 Å². The highest BCUT2D eigenvalue weighted by atomic mass is 35.5. The maximum absolute atomic E-state index is 14.3. The summed E-state index contributed by atoms with van der Waals surface area (Å²) in [6, 6.07) is 28.0.